The van der Waals surface area contributed by atoms with Gasteiger partial charge in [-0.1, -0.05) is 36.2 Å². The van der Waals surface area contributed by atoms with E-state index in [0.29, 0.717) is 18.9 Å². The monoisotopic (exact) mass is 388 g/mol. The van der Waals surface area contributed by atoms with Crippen molar-refractivity contribution in [1.82, 2.24) is 5.32 Å². The highest BCUT2D eigenvalue weighted by atomic mass is 16.6. The summed E-state index contributed by atoms with van der Waals surface area (Å²) in [6, 6.07) is 9.94. The molecule has 1 fully saturated rings. The Labute approximate surface area is 167 Å². The molecule has 2 unspecified atom stereocenters. The van der Waals surface area contributed by atoms with E-state index in [0.717, 1.165) is 76.2 Å². The van der Waals surface area contributed by atoms with Crippen LogP contribution in [0, 0.1) is 5.92 Å². The van der Waals surface area contributed by atoms with Gasteiger partial charge in [0.15, 0.2) is 0 Å². The Hall–Kier alpha value is -2.08. The summed E-state index contributed by atoms with van der Waals surface area (Å²) >= 11 is 0. The van der Waals surface area contributed by atoms with Gasteiger partial charge in [-0.05, 0) is 37.8 Å². The van der Waals surface area contributed by atoms with Crippen LogP contribution in [0.25, 0.3) is 0 Å². The molecule has 0 saturated carbocycles. The molecule has 0 radical (unpaired) electrons. The third-order valence-corrected chi connectivity index (χ3v) is 5.20. The van der Waals surface area contributed by atoms with Crippen molar-refractivity contribution in [3.63, 3.8) is 0 Å². The highest BCUT2D eigenvalue weighted by Crippen LogP contribution is 2.19. The number of benzene rings is 1. The van der Waals surface area contributed by atoms with Crippen LogP contribution >= 0.6 is 0 Å². The molecule has 6 heteroatoms. The second-order valence-electron chi connectivity index (χ2n) is 7.66. The molecule has 0 aliphatic carbocycles. The molecule has 154 valence electrons. The Balaban J connectivity index is 1.16. The van der Waals surface area contributed by atoms with Crippen LogP contribution in [0.15, 0.2) is 35.5 Å². The fourth-order valence-corrected chi connectivity index (χ4v) is 3.53. The number of carbonyl (C=O) groups excluding carboxylic acids is 1. The van der Waals surface area contributed by atoms with Crippen molar-refractivity contribution >= 4 is 11.6 Å². The average Bonchev–Trinajstić information content (AvgIpc) is 3.38. The van der Waals surface area contributed by atoms with Crippen LogP contribution in [0.2, 0.25) is 0 Å². The van der Waals surface area contributed by atoms with Gasteiger partial charge in [-0.3, -0.25) is 4.79 Å². The third-order valence-electron chi connectivity index (χ3n) is 5.20. The number of ether oxygens (including phenoxy) is 2. The fraction of sp³-hybridized carbons (Fsp3) is 0.636. The maximum atomic E-state index is 12.0. The minimum absolute atomic E-state index is 0.0355. The lowest BCUT2D eigenvalue weighted by atomic mass is 10.0. The second-order valence-corrected chi connectivity index (χ2v) is 7.66. The minimum atomic E-state index is 0.0355. The molecular weight excluding hydrogens is 356 g/mol. The molecule has 2 atom stereocenters. The molecule has 6 nitrogen and oxygen atoms in total. The molecule has 0 aromatic heterocycles. The summed E-state index contributed by atoms with van der Waals surface area (Å²) in [4.78, 5) is 17.5. The highest BCUT2D eigenvalue weighted by molar-refractivity contribution is 6.01. The van der Waals surface area contributed by atoms with Crippen molar-refractivity contribution in [3.05, 3.63) is 30.3 Å². The zero-order valence-electron chi connectivity index (χ0n) is 16.6. The molecule has 1 amide bonds. The zero-order valence-corrected chi connectivity index (χ0v) is 16.6. The number of para-hydroxylation sites is 1. The number of oxime groups is 1. The molecule has 2 aliphatic rings. The van der Waals surface area contributed by atoms with Gasteiger partial charge in [0.2, 0.25) is 5.91 Å². The van der Waals surface area contributed by atoms with Crippen LogP contribution in [0.4, 0.5) is 0 Å². The molecule has 0 spiro atoms. The van der Waals surface area contributed by atoms with Gasteiger partial charge in [0, 0.05) is 25.5 Å². The van der Waals surface area contributed by atoms with Crippen molar-refractivity contribution in [2.24, 2.45) is 11.1 Å². The van der Waals surface area contributed by atoms with Crippen molar-refractivity contribution in [1.29, 1.82) is 0 Å². The molecule has 1 aromatic carbocycles. The lowest BCUT2D eigenvalue weighted by molar-refractivity contribution is -0.120. The first kappa shape index (κ1) is 20.6. The number of nitrogens with one attached hydrogen (secondary N) is 1. The van der Waals surface area contributed by atoms with E-state index in [1.807, 2.05) is 30.3 Å². The van der Waals surface area contributed by atoms with Crippen LogP contribution in [0.3, 0.4) is 0 Å². The van der Waals surface area contributed by atoms with Crippen LogP contribution in [0.5, 0.6) is 5.75 Å². The smallest absolute Gasteiger partial charge is 0.225 e. The van der Waals surface area contributed by atoms with Crippen LogP contribution in [0.1, 0.15) is 51.4 Å². The SMILES string of the molecule is O=C(CC1=NOC(CCCCCCOc2ccccc2)C1)NCC1CCOC1. The van der Waals surface area contributed by atoms with Crippen LogP contribution in [-0.2, 0) is 14.4 Å². The zero-order chi connectivity index (χ0) is 19.4. The van der Waals surface area contributed by atoms with E-state index >= 15 is 0 Å². The van der Waals surface area contributed by atoms with E-state index in [2.05, 4.69) is 10.5 Å². The van der Waals surface area contributed by atoms with Gasteiger partial charge < -0.3 is 19.6 Å². The van der Waals surface area contributed by atoms with Gasteiger partial charge in [0.05, 0.1) is 25.3 Å². The molecule has 0 bridgehead atoms. The number of unbranched alkanes of at least 4 members (excludes halogenated alkanes) is 3. The van der Waals surface area contributed by atoms with Gasteiger partial charge in [-0.15, -0.1) is 0 Å². The van der Waals surface area contributed by atoms with E-state index in [9.17, 15) is 4.79 Å². The van der Waals surface area contributed by atoms with Crippen molar-refractivity contribution in [2.45, 2.75) is 57.5 Å². The first-order valence-electron chi connectivity index (χ1n) is 10.5. The summed E-state index contributed by atoms with van der Waals surface area (Å²) in [5, 5.41) is 7.09. The Kier molecular flexibility index (Phi) is 8.62. The Morgan fingerprint density at radius 2 is 2.04 bits per heavy atom. The number of amides is 1. The lowest BCUT2D eigenvalue weighted by Gasteiger charge is -2.09. The topological polar surface area (TPSA) is 69.2 Å². The van der Waals surface area contributed by atoms with Crippen molar-refractivity contribution < 1.29 is 19.1 Å². The van der Waals surface area contributed by atoms with Gasteiger partial charge >= 0.3 is 0 Å². The third kappa shape index (κ3) is 7.50. The lowest BCUT2D eigenvalue weighted by Crippen LogP contribution is -2.30. The standard InChI is InChI=1S/C22H32N2O4/c25-22(23-16-18-11-13-26-17-18)15-19-14-21(28-24-19)10-4-1-2-7-12-27-20-8-5-3-6-9-20/h3,5-6,8-9,18,21H,1-2,4,7,10-17H2,(H,23,25). The second kappa shape index (κ2) is 11.7. The predicted octanol–water partition coefficient (Wildman–Crippen LogP) is 3.70. The van der Waals surface area contributed by atoms with Crippen molar-refractivity contribution in [3.8, 4) is 5.75 Å². The molecule has 2 aliphatic heterocycles. The van der Waals surface area contributed by atoms with Crippen LogP contribution < -0.4 is 10.1 Å². The Bertz CT molecular complexity index is 614. The van der Waals surface area contributed by atoms with Gasteiger partial charge in [-0.2, -0.15) is 0 Å². The van der Waals surface area contributed by atoms with Gasteiger partial charge in [-0.25, -0.2) is 0 Å². The highest BCUT2D eigenvalue weighted by Gasteiger charge is 2.23. The van der Waals surface area contributed by atoms with Crippen LogP contribution in [-0.4, -0.2) is 44.1 Å². The maximum Gasteiger partial charge on any atom is 0.225 e. The van der Waals surface area contributed by atoms with E-state index < -0.39 is 0 Å². The summed E-state index contributed by atoms with van der Waals surface area (Å²) in [5.74, 6) is 1.43. The Morgan fingerprint density at radius 1 is 1.18 bits per heavy atom. The number of hydrogen-bond acceptors (Lipinski definition) is 5. The number of hydrogen-bond donors (Lipinski definition) is 1. The van der Waals surface area contributed by atoms with E-state index in [1.165, 1.54) is 0 Å². The van der Waals surface area contributed by atoms with E-state index in [-0.39, 0.29) is 12.0 Å². The maximum absolute atomic E-state index is 12.0. The van der Waals surface area contributed by atoms with E-state index in [1.54, 1.807) is 0 Å². The summed E-state index contributed by atoms with van der Waals surface area (Å²) in [6.07, 6.45) is 7.78. The number of carbonyl (C=O) groups is 1. The summed E-state index contributed by atoms with van der Waals surface area (Å²) in [6.45, 7) is 3.03. The normalized spacial score (nSPS) is 21.2. The molecule has 1 N–H and O–H groups in total. The summed E-state index contributed by atoms with van der Waals surface area (Å²) in [7, 11) is 0. The first-order valence-corrected chi connectivity index (χ1v) is 10.5. The van der Waals surface area contributed by atoms with Gasteiger partial charge in [0.1, 0.15) is 11.9 Å². The number of nitrogens with zero attached hydrogens (tertiary/aromatic N) is 1. The fourth-order valence-electron chi connectivity index (χ4n) is 3.53. The average molecular weight is 389 g/mol. The summed E-state index contributed by atoms with van der Waals surface area (Å²) < 4.78 is 11.0. The largest absolute Gasteiger partial charge is 0.494 e. The first-order chi connectivity index (χ1) is 13.8. The molecule has 1 saturated heterocycles. The molecule has 3 rings (SSSR count). The van der Waals surface area contributed by atoms with Gasteiger partial charge in [0.25, 0.3) is 0 Å². The molecule has 28 heavy (non-hydrogen) atoms. The molecular formula is C22H32N2O4. The predicted molar refractivity (Wildman–Crippen MR) is 108 cm³/mol. The van der Waals surface area contributed by atoms with Crippen molar-refractivity contribution in [2.75, 3.05) is 26.4 Å². The summed E-state index contributed by atoms with van der Waals surface area (Å²) in [5.41, 5.74) is 0.862. The van der Waals surface area contributed by atoms with E-state index in [4.69, 9.17) is 14.3 Å². The molecule has 1 aromatic rings. The quantitative estimate of drug-likeness (QED) is 0.554. The Morgan fingerprint density at radius 3 is 2.86 bits per heavy atom. The minimum Gasteiger partial charge on any atom is -0.494 e. The number of rotatable bonds is 12. The molecule has 2 heterocycles.